The maximum atomic E-state index is 12.3. The molecule has 1 amide bonds. The number of piperidine rings is 1. The van der Waals surface area contributed by atoms with Crippen LogP contribution >= 0.6 is 0 Å². The molecule has 1 heterocycles. The first-order valence-electron chi connectivity index (χ1n) is 10.8. The Kier molecular flexibility index (Phi) is 4.49. The van der Waals surface area contributed by atoms with Crippen LogP contribution in [0.2, 0.25) is 0 Å². The molecule has 3 aliphatic rings. The molecule has 1 aliphatic heterocycles. The van der Waals surface area contributed by atoms with E-state index in [4.69, 9.17) is 14.2 Å². The third-order valence-electron chi connectivity index (χ3n) is 7.83. The zero-order valence-corrected chi connectivity index (χ0v) is 18.4. The summed E-state index contributed by atoms with van der Waals surface area (Å²) in [5.41, 5.74) is 2.30. The summed E-state index contributed by atoms with van der Waals surface area (Å²) < 4.78 is 17.0. The van der Waals surface area contributed by atoms with Gasteiger partial charge in [-0.25, -0.2) is 4.79 Å². The zero-order chi connectivity index (χ0) is 22.0. The number of ether oxygens (including phenoxy) is 3. The van der Waals surface area contributed by atoms with Gasteiger partial charge in [-0.05, 0) is 35.7 Å². The first-order valence-corrected chi connectivity index (χ1v) is 10.8. The van der Waals surface area contributed by atoms with E-state index in [0.717, 1.165) is 18.4 Å². The third kappa shape index (κ3) is 2.84. The van der Waals surface area contributed by atoms with Gasteiger partial charge >= 0.3 is 6.09 Å². The Labute approximate surface area is 182 Å². The van der Waals surface area contributed by atoms with Crippen LogP contribution in [-0.4, -0.2) is 54.6 Å². The van der Waals surface area contributed by atoms with Gasteiger partial charge in [0.2, 0.25) is 0 Å². The van der Waals surface area contributed by atoms with Crippen molar-refractivity contribution in [3.8, 4) is 11.5 Å². The lowest BCUT2D eigenvalue weighted by Gasteiger charge is -2.28. The number of benzene rings is 2. The number of carbonyl (C=O) groups excluding carboxylic acids is 1. The van der Waals surface area contributed by atoms with E-state index in [-0.39, 0.29) is 18.1 Å². The van der Waals surface area contributed by atoms with E-state index in [1.807, 2.05) is 25.1 Å². The number of rotatable bonds is 4. The Balaban J connectivity index is 1.43. The number of amides is 1. The number of fused-ring (bicyclic) bond motifs is 2. The van der Waals surface area contributed by atoms with Gasteiger partial charge in [-0.2, -0.15) is 0 Å². The highest BCUT2D eigenvalue weighted by Crippen LogP contribution is 2.70. The highest BCUT2D eigenvalue weighted by molar-refractivity contribution is 5.71. The van der Waals surface area contributed by atoms with Crippen molar-refractivity contribution < 1.29 is 24.1 Å². The Morgan fingerprint density at radius 1 is 1.06 bits per heavy atom. The fraction of sp³-hybridized carbons (Fsp3) is 0.480. The Bertz CT molecular complexity index is 1010. The predicted octanol–water partition coefficient (Wildman–Crippen LogP) is 3.55. The average molecular weight is 424 g/mol. The molecule has 1 saturated heterocycles. The maximum absolute atomic E-state index is 12.3. The van der Waals surface area contributed by atoms with Crippen LogP contribution in [0, 0.1) is 5.41 Å². The molecule has 1 N–H and O–H groups in total. The summed E-state index contributed by atoms with van der Waals surface area (Å²) >= 11 is 0. The fourth-order valence-corrected chi connectivity index (χ4v) is 5.97. The highest BCUT2D eigenvalue weighted by Gasteiger charge is 2.80. The molecule has 0 aromatic heterocycles. The summed E-state index contributed by atoms with van der Waals surface area (Å²) in [4.78, 5) is 14.0. The molecule has 1 saturated carbocycles. The first-order chi connectivity index (χ1) is 14.8. The average Bonchev–Trinajstić information content (AvgIpc) is 3.11. The summed E-state index contributed by atoms with van der Waals surface area (Å²) in [5, 5.41) is 11.0. The van der Waals surface area contributed by atoms with Crippen LogP contribution in [0.1, 0.15) is 36.5 Å². The van der Waals surface area contributed by atoms with Crippen LogP contribution in [0.3, 0.4) is 0 Å². The van der Waals surface area contributed by atoms with E-state index >= 15 is 0 Å². The smallest absolute Gasteiger partial charge is 0.409 e. The summed E-state index contributed by atoms with van der Waals surface area (Å²) in [7, 11) is 3.02. The van der Waals surface area contributed by atoms with Crippen molar-refractivity contribution in [3.05, 3.63) is 59.2 Å². The lowest BCUT2D eigenvalue weighted by Crippen LogP contribution is -2.38. The topological polar surface area (TPSA) is 68.2 Å². The third-order valence-corrected chi connectivity index (χ3v) is 7.83. The number of likely N-dealkylation sites (tertiary alicyclic amines) is 1. The van der Waals surface area contributed by atoms with E-state index in [9.17, 15) is 9.90 Å². The molecule has 2 unspecified atom stereocenters. The number of hydrogen-bond donors (Lipinski definition) is 1. The van der Waals surface area contributed by atoms with Crippen LogP contribution in [0.4, 0.5) is 4.79 Å². The minimum absolute atomic E-state index is 0.0272. The monoisotopic (exact) mass is 423 g/mol. The van der Waals surface area contributed by atoms with E-state index in [0.29, 0.717) is 18.0 Å². The molecule has 2 aromatic carbocycles. The van der Waals surface area contributed by atoms with Crippen LogP contribution in [-0.2, 0) is 17.6 Å². The van der Waals surface area contributed by atoms with Crippen molar-refractivity contribution in [1.29, 1.82) is 0 Å². The zero-order valence-electron chi connectivity index (χ0n) is 18.4. The van der Waals surface area contributed by atoms with Gasteiger partial charge in [-0.15, -0.1) is 0 Å². The van der Waals surface area contributed by atoms with E-state index in [1.54, 1.807) is 18.9 Å². The molecule has 2 fully saturated rings. The van der Waals surface area contributed by atoms with Gasteiger partial charge in [0.1, 0.15) is 6.10 Å². The van der Waals surface area contributed by atoms with Crippen LogP contribution in [0.25, 0.3) is 0 Å². The molecule has 2 aliphatic carbocycles. The molecule has 0 spiro atoms. The van der Waals surface area contributed by atoms with Crippen molar-refractivity contribution in [3.63, 3.8) is 0 Å². The summed E-state index contributed by atoms with van der Waals surface area (Å²) in [6.45, 7) is 4.35. The standard InChI is InChI=1S/C25H29NO5/c1-24-19(14-26(23(27)30-4)22(24)25(24,2)28)17-9-10-20(29-3)21(13-17)31-18-11-15-7-5-6-8-16(15)12-18/h5-10,13,18-19,22,28H,11-12,14H2,1-4H3/t19-,22?,24-,25?/m0/s1. The number of hydrogen-bond acceptors (Lipinski definition) is 5. The Morgan fingerprint density at radius 2 is 1.74 bits per heavy atom. The number of carbonyl (C=O) groups is 1. The molecule has 6 nitrogen and oxygen atoms in total. The quantitative estimate of drug-likeness (QED) is 0.815. The number of methoxy groups -OCH3 is 2. The Hall–Kier alpha value is -2.73. The van der Waals surface area contributed by atoms with Crippen molar-refractivity contribution in [2.24, 2.45) is 5.41 Å². The second-order valence-electron chi connectivity index (χ2n) is 9.33. The summed E-state index contributed by atoms with van der Waals surface area (Å²) in [6.07, 6.45) is 1.41. The summed E-state index contributed by atoms with van der Waals surface area (Å²) in [5.74, 6) is 1.36. The molecule has 5 rings (SSSR count). The van der Waals surface area contributed by atoms with Gasteiger partial charge in [-0.1, -0.05) is 37.3 Å². The first kappa shape index (κ1) is 20.2. The van der Waals surface area contributed by atoms with Gasteiger partial charge in [0, 0.05) is 30.7 Å². The lowest BCUT2D eigenvalue weighted by atomic mass is 9.83. The molecular formula is C25H29NO5. The fourth-order valence-electron chi connectivity index (χ4n) is 5.97. The summed E-state index contributed by atoms with van der Waals surface area (Å²) in [6, 6.07) is 14.1. The van der Waals surface area contributed by atoms with Crippen LogP contribution in [0.5, 0.6) is 11.5 Å². The Morgan fingerprint density at radius 3 is 2.35 bits per heavy atom. The molecule has 6 heteroatoms. The minimum atomic E-state index is -0.960. The van der Waals surface area contributed by atoms with E-state index in [1.165, 1.54) is 18.2 Å². The minimum Gasteiger partial charge on any atom is -0.493 e. The second-order valence-corrected chi connectivity index (χ2v) is 9.33. The number of nitrogens with zero attached hydrogens (tertiary/aromatic N) is 1. The van der Waals surface area contributed by atoms with Crippen molar-refractivity contribution in [1.82, 2.24) is 4.90 Å². The van der Waals surface area contributed by atoms with Gasteiger partial charge in [0.05, 0.1) is 25.9 Å². The van der Waals surface area contributed by atoms with Crippen molar-refractivity contribution >= 4 is 6.09 Å². The van der Waals surface area contributed by atoms with Gasteiger partial charge in [0.25, 0.3) is 0 Å². The molecular weight excluding hydrogens is 394 g/mol. The molecule has 0 radical (unpaired) electrons. The lowest BCUT2D eigenvalue weighted by molar-refractivity contribution is 0.0640. The molecule has 2 aromatic rings. The largest absolute Gasteiger partial charge is 0.493 e. The van der Waals surface area contributed by atoms with Crippen molar-refractivity contribution in [2.75, 3.05) is 20.8 Å². The van der Waals surface area contributed by atoms with E-state index < -0.39 is 17.1 Å². The predicted molar refractivity (Wildman–Crippen MR) is 116 cm³/mol. The number of aliphatic hydroxyl groups is 1. The highest BCUT2D eigenvalue weighted by atomic mass is 16.5. The molecule has 31 heavy (non-hydrogen) atoms. The van der Waals surface area contributed by atoms with E-state index in [2.05, 4.69) is 24.3 Å². The molecule has 164 valence electrons. The van der Waals surface area contributed by atoms with Gasteiger partial charge in [-0.3, -0.25) is 0 Å². The second kappa shape index (κ2) is 6.89. The normalized spacial score (nSPS) is 31.2. The van der Waals surface area contributed by atoms with Crippen molar-refractivity contribution in [2.45, 2.75) is 50.4 Å². The molecule has 0 bridgehead atoms. The maximum Gasteiger partial charge on any atom is 0.409 e. The van der Waals surface area contributed by atoms with Crippen LogP contribution in [0.15, 0.2) is 42.5 Å². The van der Waals surface area contributed by atoms with Gasteiger partial charge in [0.15, 0.2) is 11.5 Å². The van der Waals surface area contributed by atoms with Gasteiger partial charge < -0.3 is 24.2 Å². The SMILES string of the molecule is COC(=O)N1C[C@@H](c2ccc(OC)c(OC3Cc4ccccc4C3)c2)[C@@]2(C)C1C2(C)O. The van der Waals surface area contributed by atoms with Crippen LogP contribution < -0.4 is 9.47 Å². The molecule has 4 atom stereocenters.